The van der Waals surface area contributed by atoms with E-state index in [-0.39, 0.29) is 5.78 Å². The predicted octanol–water partition coefficient (Wildman–Crippen LogP) is 7.39. The number of fused-ring (bicyclic) bond motifs is 1. The van der Waals surface area contributed by atoms with Gasteiger partial charge in [0.05, 0.1) is 18.6 Å². The maximum atomic E-state index is 12.9. The Labute approximate surface area is 197 Å². The maximum absolute atomic E-state index is 12.9. The second kappa shape index (κ2) is 10.5. The van der Waals surface area contributed by atoms with Crippen LogP contribution in [-0.4, -0.2) is 18.0 Å². The molecular formula is C30H32O3. The summed E-state index contributed by atoms with van der Waals surface area (Å²) < 4.78 is 12.3. The van der Waals surface area contributed by atoms with Crippen LogP contribution in [0.15, 0.2) is 72.8 Å². The van der Waals surface area contributed by atoms with Crippen molar-refractivity contribution in [3.05, 3.63) is 95.1 Å². The van der Waals surface area contributed by atoms with E-state index in [0.29, 0.717) is 24.3 Å². The van der Waals surface area contributed by atoms with E-state index in [1.54, 1.807) is 0 Å². The molecule has 3 aromatic rings. The minimum Gasteiger partial charge on any atom is -0.493 e. The standard InChI is InChI=1S/C30H32O3/c1-30(2)22-27(31)29-25(18-17-24-15-8-4-9-16-24)20-26(21-28(29)33-30)32-19-11-5-10-14-23-12-6-3-7-13-23/h3-4,6-9,12-13,15-18,20-21H,5,10-11,14,19,22H2,1-2H3/b18-17+. The topological polar surface area (TPSA) is 35.5 Å². The molecule has 0 bridgehead atoms. The Balaban J connectivity index is 1.44. The zero-order chi connectivity index (χ0) is 23.1. The molecule has 0 fully saturated rings. The summed E-state index contributed by atoms with van der Waals surface area (Å²) in [7, 11) is 0. The molecule has 3 aromatic carbocycles. The highest BCUT2D eigenvalue weighted by atomic mass is 16.5. The van der Waals surface area contributed by atoms with Crippen LogP contribution < -0.4 is 9.47 Å². The minimum atomic E-state index is -0.513. The molecule has 170 valence electrons. The molecule has 0 radical (unpaired) electrons. The second-order valence-corrected chi connectivity index (χ2v) is 9.24. The van der Waals surface area contributed by atoms with Gasteiger partial charge in [-0.3, -0.25) is 4.79 Å². The summed E-state index contributed by atoms with van der Waals surface area (Å²) in [5, 5.41) is 0. The van der Waals surface area contributed by atoms with Crippen molar-refractivity contribution in [3.8, 4) is 11.5 Å². The van der Waals surface area contributed by atoms with Crippen LogP contribution >= 0.6 is 0 Å². The Bertz CT molecular complexity index is 1100. The molecule has 0 unspecified atom stereocenters. The third-order valence-corrected chi connectivity index (χ3v) is 5.83. The third-order valence-electron chi connectivity index (χ3n) is 5.83. The second-order valence-electron chi connectivity index (χ2n) is 9.24. The van der Waals surface area contributed by atoms with Gasteiger partial charge in [-0.25, -0.2) is 0 Å². The first-order valence-electron chi connectivity index (χ1n) is 11.8. The number of Topliss-reactive ketones (excluding diaryl/α,β-unsaturated/α-hetero) is 1. The molecule has 0 saturated carbocycles. The Kier molecular flexibility index (Phi) is 7.29. The predicted molar refractivity (Wildman–Crippen MR) is 135 cm³/mol. The molecule has 3 nitrogen and oxygen atoms in total. The lowest BCUT2D eigenvalue weighted by atomic mass is 9.90. The number of unbranched alkanes of at least 4 members (excludes halogenated alkanes) is 2. The molecule has 0 atom stereocenters. The molecule has 0 saturated heterocycles. The Morgan fingerprint density at radius 3 is 2.39 bits per heavy atom. The van der Waals surface area contributed by atoms with Crippen molar-refractivity contribution in [3.63, 3.8) is 0 Å². The normalized spacial score (nSPS) is 14.7. The van der Waals surface area contributed by atoms with E-state index in [4.69, 9.17) is 9.47 Å². The summed E-state index contributed by atoms with van der Waals surface area (Å²) in [5.41, 5.74) is 3.45. The van der Waals surface area contributed by atoms with Crippen LogP contribution in [-0.2, 0) is 6.42 Å². The first kappa shape index (κ1) is 22.8. The van der Waals surface area contributed by atoms with E-state index in [0.717, 1.165) is 42.6 Å². The van der Waals surface area contributed by atoms with Gasteiger partial charge in [0.2, 0.25) is 0 Å². The molecule has 1 aliphatic rings. The van der Waals surface area contributed by atoms with Gasteiger partial charge < -0.3 is 9.47 Å². The molecule has 3 heteroatoms. The SMILES string of the molecule is CC1(C)CC(=O)c2c(/C=C/c3ccccc3)cc(OCCCCCc3ccccc3)cc2O1. The van der Waals surface area contributed by atoms with E-state index in [1.165, 1.54) is 5.56 Å². The highest BCUT2D eigenvalue weighted by Crippen LogP contribution is 2.39. The number of carbonyl (C=O) groups is 1. The van der Waals surface area contributed by atoms with Gasteiger partial charge in [-0.2, -0.15) is 0 Å². The van der Waals surface area contributed by atoms with Gasteiger partial charge in [0, 0.05) is 6.07 Å². The lowest BCUT2D eigenvalue weighted by Crippen LogP contribution is -2.36. The first-order chi connectivity index (χ1) is 16.0. The molecule has 1 heterocycles. The zero-order valence-electron chi connectivity index (χ0n) is 19.6. The van der Waals surface area contributed by atoms with Gasteiger partial charge in [-0.15, -0.1) is 0 Å². The highest BCUT2D eigenvalue weighted by Gasteiger charge is 2.34. The first-order valence-corrected chi connectivity index (χ1v) is 11.8. The van der Waals surface area contributed by atoms with E-state index in [1.807, 2.05) is 68.5 Å². The van der Waals surface area contributed by atoms with Crippen LogP contribution in [0, 0.1) is 0 Å². The number of rotatable bonds is 9. The fourth-order valence-electron chi connectivity index (χ4n) is 4.21. The lowest BCUT2D eigenvalue weighted by Gasteiger charge is -2.32. The Hall–Kier alpha value is -3.33. The molecule has 0 aromatic heterocycles. The molecule has 0 amide bonds. The number of ketones is 1. The van der Waals surface area contributed by atoms with E-state index in [2.05, 4.69) is 30.3 Å². The van der Waals surface area contributed by atoms with Crippen LogP contribution in [0.25, 0.3) is 12.2 Å². The largest absolute Gasteiger partial charge is 0.493 e. The molecule has 0 N–H and O–H groups in total. The van der Waals surface area contributed by atoms with Crippen LogP contribution in [0.5, 0.6) is 11.5 Å². The summed E-state index contributed by atoms with van der Waals surface area (Å²) >= 11 is 0. The molecule has 0 aliphatic carbocycles. The number of ether oxygens (including phenoxy) is 2. The lowest BCUT2D eigenvalue weighted by molar-refractivity contribution is 0.0618. The van der Waals surface area contributed by atoms with E-state index < -0.39 is 5.60 Å². The molecular weight excluding hydrogens is 408 g/mol. The summed E-state index contributed by atoms with van der Waals surface area (Å²) in [6, 6.07) is 24.5. The van der Waals surface area contributed by atoms with Crippen molar-refractivity contribution in [2.75, 3.05) is 6.61 Å². The van der Waals surface area contributed by atoms with Gasteiger partial charge in [0.25, 0.3) is 0 Å². The number of aryl methyl sites for hydroxylation is 1. The quantitative estimate of drug-likeness (QED) is 0.257. The molecule has 0 spiro atoms. The van der Waals surface area contributed by atoms with Crippen molar-refractivity contribution >= 4 is 17.9 Å². The van der Waals surface area contributed by atoms with Crippen molar-refractivity contribution in [1.29, 1.82) is 0 Å². The average Bonchev–Trinajstić information content (AvgIpc) is 2.80. The third kappa shape index (κ3) is 6.35. The van der Waals surface area contributed by atoms with Crippen LogP contribution in [0.3, 0.4) is 0 Å². The average molecular weight is 441 g/mol. The fourth-order valence-corrected chi connectivity index (χ4v) is 4.21. The number of benzene rings is 3. The monoisotopic (exact) mass is 440 g/mol. The zero-order valence-corrected chi connectivity index (χ0v) is 19.6. The summed E-state index contributed by atoms with van der Waals surface area (Å²) in [6.07, 6.45) is 8.73. The summed E-state index contributed by atoms with van der Waals surface area (Å²) in [5.74, 6) is 1.47. The Morgan fingerprint density at radius 2 is 1.64 bits per heavy atom. The molecule has 33 heavy (non-hydrogen) atoms. The van der Waals surface area contributed by atoms with E-state index >= 15 is 0 Å². The molecule has 1 aliphatic heterocycles. The van der Waals surface area contributed by atoms with Gasteiger partial charge in [-0.05, 0) is 62.3 Å². The Morgan fingerprint density at radius 1 is 0.909 bits per heavy atom. The summed E-state index contributed by atoms with van der Waals surface area (Å²) in [4.78, 5) is 12.9. The van der Waals surface area contributed by atoms with Gasteiger partial charge in [0.1, 0.15) is 17.1 Å². The smallest absolute Gasteiger partial charge is 0.171 e. The minimum absolute atomic E-state index is 0.112. The molecule has 4 rings (SSSR count). The van der Waals surface area contributed by atoms with Crippen LogP contribution in [0.2, 0.25) is 0 Å². The van der Waals surface area contributed by atoms with Gasteiger partial charge in [-0.1, -0.05) is 72.8 Å². The maximum Gasteiger partial charge on any atom is 0.171 e. The van der Waals surface area contributed by atoms with Crippen molar-refractivity contribution in [2.24, 2.45) is 0 Å². The number of hydrogen-bond donors (Lipinski definition) is 0. The van der Waals surface area contributed by atoms with Crippen LogP contribution in [0.4, 0.5) is 0 Å². The fraction of sp³-hybridized carbons (Fsp3) is 0.300. The van der Waals surface area contributed by atoms with Crippen LogP contribution in [0.1, 0.15) is 66.6 Å². The van der Waals surface area contributed by atoms with Crippen molar-refractivity contribution in [1.82, 2.24) is 0 Å². The number of hydrogen-bond acceptors (Lipinski definition) is 3. The van der Waals surface area contributed by atoms with Crippen molar-refractivity contribution in [2.45, 2.75) is 51.6 Å². The summed E-state index contributed by atoms with van der Waals surface area (Å²) in [6.45, 7) is 4.55. The van der Waals surface area contributed by atoms with Gasteiger partial charge >= 0.3 is 0 Å². The van der Waals surface area contributed by atoms with Gasteiger partial charge in [0.15, 0.2) is 5.78 Å². The highest BCUT2D eigenvalue weighted by molar-refractivity contribution is 6.04. The van der Waals surface area contributed by atoms with E-state index in [9.17, 15) is 4.79 Å². The van der Waals surface area contributed by atoms with Crippen molar-refractivity contribution < 1.29 is 14.3 Å². The number of carbonyl (C=O) groups excluding carboxylic acids is 1.